The van der Waals surface area contributed by atoms with Crippen LogP contribution in [-0.4, -0.2) is 164 Å². The predicted octanol–water partition coefficient (Wildman–Crippen LogP) is 8.06. The number of hydrogen-bond acceptors (Lipinski definition) is 14. The molecule has 0 aliphatic carbocycles. The van der Waals surface area contributed by atoms with E-state index in [9.17, 15) is 37.5 Å². The van der Waals surface area contributed by atoms with Crippen molar-refractivity contribution in [3.8, 4) is 0 Å². The number of methoxy groups -OCH3 is 2. The second kappa shape index (κ2) is 28.1. The number of ether oxygens (including phenoxy) is 2. The molecule has 6 amide bonds. The number of aromatic nitrogens is 2. The van der Waals surface area contributed by atoms with E-state index in [0.29, 0.717) is 82.3 Å². The Morgan fingerprint density at radius 3 is 1.44 bits per heavy atom. The molecule has 4 N–H and O–H groups in total. The summed E-state index contributed by atoms with van der Waals surface area (Å²) in [6.45, 7) is 13.8. The van der Waals surface area contributed by atoms with Crippen molar-refractivity contribution in [2.75, 3.05) is 96.9 Å². The van der Waals surface area contributed by atoms with Gasteiger partial charge in [-0.15, -0.1) is 0 Å². The van der Waals surface area contributed by atoms with Crippen molar-refractivity contribution in [2.45, 2.75) is 91.1 Å². The number of halogens is 2. The summed E-state index contributed by atoms with van der Waals surface area (Å²) in [7, 11) is 2.89. The number of carbonyl (C=O) groups is 6. The molecule has 18 nitrogen and oxygen atoms in total. The number of urea groups is 2. The Morgan fingerprint density at radius 2 is 1.04 bits per heavy atom. The van der Waals surface area contributed by atoms with Crippen molar-refractivity contribution >= 4 is 68.6 Å². The third-order valence-electron chi connectivity index (χ3n) is 14.9. The number of amides is 6. The average Bonchev–Trinajstić information content (AvgIpc) is 3.97. The zero-order chi connectivity index (χ0) is 55.2. The average molecular weight is 1110 g/mol. The summed E-state index contributed by atoms with van der Waals surface area (Å²) in [6.07, 6.45) is 7.06. The Morgan fingerprint density at radius 1 is 0.610 bits per heavy atom. The molecule has 0 bridgehead atoms. The van der Waals surface area contributed by atoms with Crippen molar-refractivity contribution in [1.82, 2.24) is 40.2 Å². The number of anilines is 2. The molecule has 77 heavy (non-hydrogen) atoms. The van der Waals surface area contributed by atoms with Crippen LogP contribution in [0.3, 0.4) is 0 Å². The van der Waals surface area contributed by atoms with Gasteiger partial charge in [0, 0.05) is 97.2 Å². The lowest BCUT2D eigenvalue weighted by atomic mass is 9.88. The van der Waals surface area contributed by atoms with Crippen molar-refractivity contribution in [3.05, 3.63) is 92.4 Å². The van der Waals surface area contributed by atoms with Gasteiger partial charge in [0.25, 0.3) is 0 Å². The first-order chi connectivity index (χ1) is 36.9. The maximum Gasteiger partial charge on any atom is 0.409 e. The number of thiazole rings is 2. The van der Waals surface area contributed by atoms with Crippen molar-refractivity contribution < 1.29 is 47.0 Å². The van der Waals surface area contributed by atoms with E-state index in [4.69, 9.17) is 9.47 Å². The molecule has 4 aliphatic heterocycles. The van der Waals surface area contributed by atoms with Gasteiger partial charge in [-0.2, -0.15) is 0 Å². The van der Waals surface area contributed by atoms with Gasteiger partial charge in [0.1, 0.15) is 18.2 Å². The number of nitrogens with zero attached hydrogens (tertiary/aromatic N) is 6. The Labute approximate surface area is 458 Å². The summed E-state index contributed by atoms with van der Waals surface area (Å²) >= 11 is 2.34. The van der Waals surface area contributed by atoms with Gasteiger partial charge in [0.15, 0.2) is 21.8 Å². The minimum atomic E-state index is -0.372. The first kappa shape index (κ1) is 58.7. The lowest BCUT2D eigenvalue weighted by Crippen LogP contribution is -2.57. The second-order valence-electron chi connectivity index (χ2n) is 20.9. The van der Waals surface area contributed by atoms with Gasteiger partial charge in [-0.1, -0.05) is 46.9 Å². The molecule has 4 saturated heterocycles. The van der Waals surface area contributed by atoms with Gasteiger partial charge in [-0.25, -0.2) is 33.1 Å². The van der Waals surface area contributed by atoms with Gasteiger partial charge >= 0.3 is 18.2 Å². The summed E-state index contributed by atoms with van der Waals surface area (Å²) in [6, 6.07) is 12.5. The number of Topliss-reactive ketones (excluding diaryl/α,β-unsaturated/α-hetero) is 2. The Bertz CT molecular complexity index is 2660. The molecule has 4 aliphatic rings. The Balaban J connectivity index is 0.000000224. The van der Waals surface area contributed by atoms with E-state index in [1.54, 1.807) is 18.7 Å². The van der Waals surface area contributed by atoms with Crippen LogP contribution in [0.2, 0.25) is 0 Å². The Kier molecular flexibility index (Phi) is 21.4. The fourth-order valence-corrected chi connectivity index (χ4v) is 13.0. The molecule has 0 unspecified atom stereocenters. The molecule has 2 aromatic carbocycles. The van der Waals surface area contributed by atoms with Crippen LogP contribution in [0.4, 0.5) is 33.4 Å². The van der Waals surface area contributed by atoms with E-state index >= 15 is 0 Å². The standard InChI is InChI=1S/C28H38FN5O4S.C27H36FN5O4S/c1-18-26(19(2)35)39-28(30-18)32-27(37)31-24-10-12-34(25(36)17-38-3)16-22(24)15-33-11-4-5-21(14-33)13-20-6-8-23(29)9-7-20;1-17-24(18(2)34)38-26(29-17)31-25(35)30-23-10-12-33(27(36)37-3)16-21(23)15-32-11-4-5-20(14-32)13-19-6-8-22(28)9-7-19/h6-9,21-22,24H,4-5,10-17H2,1-3H3,(H2,30,31,32,37);6-9,20-21,23H,4-5,10-16H2,1-3H3,(H2,29,30,31,35)/t21-,22+,24+;20-,21+,23+/m00/s1. The summed E-state index contributed by atoms with van der Waals surface area (Å²) in [5.74, 6) is 0.344. The van der Waals surface area contributed by atoms with Crippen molar-refractivity contribution in [3.63, 3.8) is 0 Å². The van der Waals surface area contributed by atoms with Crippen molar-refractivity contribution in [1.29, 1.82) is 0 Å². The summed E-state index contributed by atoms with van der Waals surface area (Å²) < 4.78 is 36.7. The highest BCUT2D eigenvalue weighted by Crippen LogP contribution is 2.29. The highest BCUT2D eigenvalue weighted by atomic mass is 32.1. The number of hydrogen-bond donors (Lipinski definition) is 4. The molecule has 0 radical (unpaired) electrons. The van der Waals surface area contributed by atoms with Gasteiger partial charge < -0.3 is 39.7 Å². The topological polar surface area (TPSA) is 208 Å². The summed E-state index contributed by atoms with van der Waals surface area (Å²) in [4.78, 5) is 92.2. The highest BCUT2D eigenvalue weighted by molar-refractivity contribution is 7.18. The monoisotopic (exact) mass is 1100 g/mol. The minimum Gasteiger partial charge on any atom is -0.453 e. The van der Waals surface area contributed by atoms with E-state index in [1.807, 2.05) is 29.2 Å². The number of piperidine rings is 4. The van der Waals surface area contributed by atoms with Crippen LogP contribution in [-0.2, 0) is 27.1 Å². The molecular formula is C55H74F2N10O8S2. The number of nitrogens with one attached hydrogen (secondary N) is 4. The maximum atomic E-state index is 13.3. The normalized spacial score (nSPS) is 22.0. The molecule has 418 valence electrons. The first-order valence-electron chi connectivity index (χ1n) is 26.6. The number of likely N-dealkylation sites (tertiary alicyclic amines) is 4. The lowest BCUT2D eigenvalue weighted by Gasteiger charge is -2.42. The van der Waals surface area contributed by atoms with Crippen LogP contribution in [0.1, 0.15) is 94.2 Å². The predicted molar refractivity (Wildman–Crippen MR) is 293 cm³/mol. The summed E-state index contributed by atoms with van der Waals surface area (Å²) in [5.41, 5.74) is 3.47. The lowest BCUT2D eigenvalue weighted by molar-refractivity contribution is -0.137. The van der Waals surface area contributed by atoms with Crippen LogP contribution in [0.15, 0.2) is 48.5 Å². The molecule has 8 rings (SSSR count). The molecule has 0 saturated carbocycles. The van der Waals surface area contributed by atoms with E-state index < -0.39 is 0 Å². The van der Waals surface area contributed by atoms with Gasteiger partial charge in [0.05, 0.1) is 28.3 Å². The Hall–Kier alpha value is -5.94. The molecule has 4 aromatic rings. The van der Waals surface area contributed by atoms with Gasteiger partial charge in [-0.05, 0) is 126 Å². The number of benzene rings is 2. The maximum absolute atomic E-state index is 13.3. The number of rotatable bonds is 16. The number of aryl methyl sites for hydroxylation is 2. The first-order valence-corrected chi connectivity index (χ1v) is 28.2. The molecular weight excluding hydrogens is 1030 g/mol. The minimum absolute atomic E-state index is 0.0176. The third kappa shape index (κ3) is 17.3. The molecule has 22 heteroatoms. The molecule has 6 heterocycles. The van der Waals surface area contributed by atoms with Crippen LogP contribution in [0, 0.1) is 49.2 Å². The molecule has 2 aromatic heterocycles. The fraction of sp³-hybridized carbons (Fsp3) is 0.564. The van der Waals surface area contributed by atoms with Crippen LogP contribution in [0.5, 0.6) is 0 Å². The van der Waals surface area contributed by atoms with E-state index in [2.05, 4.69) is 41.0 Å². The second-order valence-corrected chi connectivity index (χ2v) is 22.9. The molecule has 4 fully saturated rings. The van der Waals surface area contributed by atoms with Gasteiger partial charge in [-0.3, -0.25) is 25.0 Å². The smallest absolute Gasteiger partial charge is 0.409 e. The fourth-order valence-electron chi connectivity index (χ4n) is 11.2. The highest BCUT2D eigenvalue weighted by Gasteiger charge is 2.37. The van der Waals surface area contributed by atoms with Crippen LogP contribution in [0.25, 0.3) is 0 Å². The number of ketones is 2. The SMILES string of the molecule is COC(=O)N1CC[C@@H](NC(=O)Nc2nc(C)c(C(C)=O)s2)[C@H](CN2CCC[C@@H](Cc3ccc(F)cc3)C2)C1.COCC(=O)N1CC[C@@H](NC(=O)Nc2nc(C)c(C(C)=O)s2)[C@H](CN2CCC[C@@H](Cc3ccc(F)cc3)C2)C1. The molecule has 0 spiro atoms. The quantitative estimate of drug-likeness (QED) is 0.0787. The van der Waals surface area contributed by atoms with Crippen LogP contribution < -0.4 is 21.3 Å². The zero-order valence-corrected chi connectivity index (χ0v) is 46.7. The zero-order valence-electron chi connectivity index (χ0n) is 45.0. The summed E-state index contributed by atoms with van der Waals surface area (Å²) in [5, 5.41) is 12.5. The van der Waals surface area contributed by atoms with E-state index in [-0.39, 0.29) is 77.8 Å². The third-order valence-corrected chi connectivity index (χ3v) is 17.2. The molecule has 6 atom stereocenters. The number of carbonyl (C=O) groups excluding carboxylic acids is 6. The largest absolute Gasteiger partial charge is 0.453 e. The van der Waals surface area contributed by atoms with E-state index in [0.717, 1.165) is 88.9 Å². The van der Waals surface area contributed by atoms with Crippen LogP contribution >= 0.6 is 22.7 Å². The van der Waals surface area contributed by atoms with Gasteiger partial charge in [0.2, 0.25) is 5.91 Å². The van der Waals surface area contributed by atoms with Crippen molar-refractivity contribution in [2.24, 2.45) is 23.7 Å². The van der Waals surface area contributed by atoms with E-state index in [1.165, 1.54) is 75.0 Å².